The topological polar surface area (TPSA) is 23.8 Å². The zero-order valence-electron chi connectivity index (χ0n) is 5.86. The van der Waals surface area contributed by atoms with E-state index in [0.29, 0.717) is 5.56 Å². The van der Waals surface area contributed by atoms with E-state index in [1.807, 2.05) is 6.07 Å². The van der Waals surface area contributed by atoms with Gasteiger partial charge in [-0.3, -0.25) is 0 Å². The summed E-state index contributed by atoms with van der Waals surface area (Å²) in [7, 11) is 0. The first kappa shape index (κ1) is 8.47. The Bertz CT molecular complexity index is 328. The van der Waals surface area contributed by atoms with E-state index in [9.17, 15) is 4.39 Å². The molecule has 3 heteroatoms. The first-order valence-corrected chi connectivity index (χ1v) is 4.09. The number of benzene rings is 1. The Balaban J connectivity index is 3.44. The molecule has 0 radical (unpaired) electrons. The first-order chi connectivity index (χ1) is 5.16. The van der Waals surface area contributed by atoms with E-state index in [1.165, 1.54) is 6.07 Å². The molecule has 56 valence electrons. The number of hydrogen-bond donors (Lipinski definition) is 0. The third-order valence-electron chi connectivity index (χ3n) is 1.46. The maximum Gasteiger partial charge on any atom is 0.141 e. The second-order valence-electron chi connectivity index (χ2n) is 2.14. The summed E-state index contributed by atoms with van der Waals surface area (Å²) in [4.78, 5) is 0. The third-order valence-corrected chi connectivity index (χ3v) is 2.63. The predicted molar refractivity (Wildman–Crippen MR) is 48.6 cm³/mol. The second-order valence-corrected chi connectivity index (χ2v) is 3.30. The summed E-state index contributed by atoms with van der Waals surface area (Å²) in [5.41, 5.74) is 0.866. The smallest absolute Gasteiger partial charge is 0.141 e. The SMILES string of the molecule is Cc1c(I)ccc(F)c1C#N. The van der Waals surface area contributed by atoms with Crippen LogP contribution in [0.3, 0.4) is 0 Å². The molecule has 0 atom stereocenters. The van der Waals surface area contributed by atoms with Gasteiger partial charge in [-0.25, -0.2) is 4.39 Å². The van der Waals surface area contributed by atoms with Crippen molar-refractivity contribution in [3.8, 4) is 6.07 Å². The minimum absolute atomic E-state index is 0.150. The third kappa shape index (κ3) is 1.51. The summed E-state index contributed by atoms with van der Waals surface area (Å²) in [6, 6.07) is 4.80. The Labute approximate surface area is 78.0 Å². The van der Waals surface area contributed by atoms with E-state index in [0.717, 1.165) is 3.57 Å². The fourth-order valence-electron chi connectivity index (χ4n) is 0.790. The van der Waals surface area contributed by atoms with E-state index >= 15 is 0 Å². The van der Waals surface area contributed by atoms with Gasteiger partial charge in [-0.2, -0.15) is 5.26 Å². The molecule has 1 rings (SSSR count). The van der Waals surface area contributed by atoms with Crippen LogP contribution < -0.4 is 0 Å². The number of nitriles is 1. The summed E-state index contributed by atoms with van der Waals surface area (Å²) in [6.07, 6.45) is 0. The van der Waals surface area contributed by atoms with Crippen LogP contribution in [0, 0.1) is 27.6 Å². The van der Waals surface area contributed by atoms with Crippen molar-refractivity contribution in [1.29, 1.82) is 5.26 Å². The van der Waals surface area contributed by atoms with Crippen molar-refractivity contribution in [3.63, 3.8) is 0 Å². The van der Waals surface area contributed by atoms with Crippen molar-refractivity contribution in [3.05, 3.63) is 32.6 Å². The van der Waals surface area contributed by atoms with Gasteiger partial charge in [0.25, 0.3) is 0 Å². The second kappa shape index (κ2) is 3.18. The first-order valence-electron chi connectivity index (χ1n) is 3.01. The molecule has 0 spiro atoms. The molecule has 0 aliphatic carbocycles. The lowest BCUT2D eigenvalue weighted by Crippen LogP contribution is -1.90. The van der Waals surface area contributed by atoms with Crippen molar-refractivity contribution in [2.45, 2.75) is 6.92 Å². The van der Waals surface area contributed by atoms with Gasteiger partial charge in [-0.05, 0) is 47.2 Å². The molecule has 0 aliphatic heterocycles. The molecule has 0 saturated carbocycles. The molecule has 11 heavy (non-hydrogen) atoms. The number of rotatable bonds is 0. The highest BCUT2D eigenvalue weighted by molar-refractivity contribution is 14.1. The van der Waals surface area contributed by atoms with Crippen LogP contribution in [-0.2, 0) is 0 Å². The zero-order valence-corrected chi connectivity index (χ0v) is 8.02. The fourth-order valence-corrected chi connectivity index (χ4v) is 1.24. The van der Waals surface area contributed by atoms with E-state index in [1.54, 1.807) is 13.0 Å². The Kier molecular flexibility index (Phi) is 2.45. The maximum absolute atomic E-state index is 12.8. The van der Waals surface area contributed by atoms with Gasteiger partial charge in [0, 0.05) is 3.57 Å². The Hall–Kier alpha value is -0.630. The monoisotopic (exact) mass is 261 g/mol. The van der Waals surface area contributed by atoms with Crippen LogP contribution in [-0.4, -0.2) is 0 Å². The van der Waals surface area contributed by atoms with Crippen LogP contribution in [0.4, 0.5) is 4.39 Å². The summed E-state index contributed by atoms with van der Waals surface area (Å²) in [5, 5.41) is 8.53. The molecular formula is C8H5FIN. The number of hydrogen-bond acceptors (Lipinski definition) is 1. The van der Waals surface area contributed by atoms with Gasteiger partial charge in [-0.1, -0.05) is 0 Å². The highest BCUT2D eigenvalue weighted by Gasteiger charge is 2.06. The van der Waals surface area contributed by atoms with Gasteiger partial charge < -0.3 is 0 Å². The molecule has 1 aromatic rings. The lowest BCUT2D eigenvalue weighted by Gasteiger charge is -1.99. The zero-order chi connectivity index (χ0) is 8.43. The lowest BCUT2D eigenvalue weighted by atomic mass is 10.1. The van der Waals surface area contributed by atoms with Crippen LogP contribution >= 0.6 is 22.6 Å². The minimum Gasteiger partial charge on any atom is -0.206 e. The van der Waals surface area contributed by atoms with E-state index in [2.05, 4.69) is 22.6 Å². The normalized spacial score (nSPS) is 9.27. The number of nitrogens with zero attached hydrogens (tertiary/aromatic N) is 1. The van der Waals surface area contributed by atoms with Crippen LogP contribution in [0.1, 0.15) is 11.1 Å². The standard InChI is InChI=1S/C8H5FIN/c1-5-6(4-11)7(9)2-3-8(5)10/h2-3H,1H3. The van der Waals surface area contributed by atoms with Crippen molar-refractivity contribution in [2.75, 3.05) is 0 Å². The van der Waals surface area contributed by atoms with Gasteiger partial charge in [0.05, 0.1) is 5.56 Å². The van der Waals surface area contributed by atoms with Crippen LogP contribution in [0.2, 0.25) is 0 Å². The molecule has 0 amide bonds. The van der Waals surface area contributed by atoms with E-state index < -0.39 is 5.82 Å². The predicted octanol–water partition coefficient (Wildman–Crippen LogP) is 2.61. The molecule has 0 aromatic heterocycles. The summed E-state index contributed by atoms with van der Waals surface area (Å²) in [6.45, 7) is 1.74. The Morgan fingerprint density at radius 3 is 2.64 bits per heavy atom. The van der Waals surface area contributed by atoms with Gasteiger partial charge in [0.1, 0.15) is 11.9 Å². The largest absolute Gasteiger partial charge is 0.206 e. The molecule has 1 aromatic carbocycles. The average molecular weight is 261 g/mol. The molecule has 0 saturated heterocycles. The highest BCUT2D eigenvalue weighted by Crippen LogP contribution is 2.17. The molecule has 0 aliphatic rings. The van der Waals surface area contributed by atoms with Crippen LogP contribution in [0.25, 0.3) is 0 Å². The quantitative estimate of drug-likeness (QED) is 0.658. The van der Waals surface area contributed by atoms with Gasteiger partial charge in [0.2, 0.25) is 0 Å². The Morgan fingerprint density at radius 1 is 1.55 bits per heavy atom. The highest BCUT2D eigenvalue weighted by atomic mass is 127. The lowest BCUT2D eigenvalue weighted by molar-refractivity contribution is 0.622. The van der Waals surface area contributed by atoms with Crippen molar-refractivity contribution in [2.24, 2.45) is 0 Å². The minimum atomic E-state index is -0.439. The van der Waals surface area contributed by atoms with Crippen molar-refractivity contribution < 1.29 is 4.39 Å². The van der Waals surface area contributed by atoms with Crippen molar-refractivity contribution in [1.82, 2.24) is 0 Å². The van der Waals surface area contributed by atoms with Gasteiger partial charge in [0.15, 0.2) is 0 Å². The molecule has 0 heterocycles. The van der Waals surface area contributed by atoms with E-state index in [4.69, 9.17) is 5.26 Å². The molecule has 0 N–H and O–H groups in total. The van der Waals surface area contributed by atoms with E-state index in [-0.39, 0.29) is 5.56 Å². The average Bonchev–Trinajstić information content (AvgIpc) is 1.99. The Morgan fingerprint density at radius 2 is 2.18 bits per heavy atom. The molecular weight excluding hydrogens is 256 g/mol. The fraction of sp³-hybridized carbons (Fsp3) is 0.125. The number of halogens is 2. The summed E-state index contributed by atoms with van der Waals surface area (Å²) < 4.78 is 13.7. The van der Waals surface area contributed by atoms with Crippen LogP contribution in [0.5, 0.6) is 0 Å². The molecule has 1 nitrogen and oxygen atoms in total. The molecule has 0 bridgehead atoms. The van der Waals surface area contributed by atoms with Gasteiger partial charge >= 0.3 is 0 Å². The van der Waals surface area contributed by atoms with Crippen LogP contribution in [0.15, 0.2) is 12.1 Å². The summed E-state index contributed by atoms with van der Waals surface area (Å²) >= 11 is 2.07. The summed E-state index contributed by atoms with van der Waals surface area (Å²) in [5.74, 6) is -0.439. The van der Waals surface area contributed by atoms with Gasteiger partial charge in [-0.15, -0.1) is 0 Å². The van der Waals surface area contributed by atoms with Crippen molar-refractivity contribution >= 4 is 22.6 Å². The molecule has 0 fully saturated rings. The maximum atomic E-state index is 12.8. The molecule has 0 unspecified atom stereocenters.